The van der Waals surface area contributed by atoms with Gasteiger partial charge in [-0.3, -0.25) is 9.36 Å². The number of methoxy groups -OCH3 is 1. The minimum atomic E-state index is 0.0465. The number of nitrogens with zero attached hydrogens (tertiary/aromatic N) is 5. The molecule has 1 aliphatic rings. The van der Waals surface area contributed by atoms with E-state index in [9.17, 15) is 4.79 Å². The van der Waals surface area contributed by atoms with Crippen molar-refractivity contribution in [2.75, 3.05) is 46.9 Å². The van der Waals surface area contributed by atoms with Gasteiger partial charge in [-0.1, -0.05) is 6.07 Å². The molecule has 3 rings (SSSR count). The van der Waals surface area contributed by atoms with Crippen LogP contribution in [0.4, 0.5) is 0 Å². The number of benzene rings is 1. The van der Waals surface area contributed by atoms with Crippen LogP contribution in [-0.2, 0) is 4.74 Å². The van der Waals surface area contributed by atoms with Gasteiger partial charge >= 0.3 is 0 Å². The van der Waals surface area contributed by atoms with E-state index in [0.29, 0.717) is 11.5 Å². The monoisotopic (exact) mass is 343 g/mol. The maximum Gasteiger partial charge on any atom is 0.253 e. The molecule has 1 amide bonds. The fourth-order valence-corrected chi connectivity index (χ4v) is 3.31. The van der Waals surface area contributed by atoms with E-state index in [-0.39, 0.29) is 5.91 Å². The highest BCUT2D eigenvalue weighted by molar-refractivity contribution is 5.94. The Hall–Kier alpha value is -2.25. The molecule has 134 valence electrons. The Balaban J connectivity index is 1.59. The van der Waals surface area contributed by atoms with Gasteiger partial charge < -0.3 is 14.5 Å². The van der Waals surface area contributed by atoms with Gasteiger partial charge in [-0.2, -0.15) is 0 Å². The lowest BCUT2D eigenvalue weighted by Gasteiger charge is -2.22. The smallest absolute Gasteiger partial charge is 0.253 e. The Morgan fingerprint density at radius 1 is 1.36 bits per heavy atom. The van der Waals surface area contributed by atoms with Crippen LogP contribution in [0.2, 0.25) is 0 Å². The van der Waals surface area contributed by atoms with Crippen molar-refractivity contribution in [2.24, 2.45) is 5.92 Å². The molecule has 0 unspecified atom stereocenters. The fourth-order valence-electron chi connectivity index (χ4n) is 3.31. The van der Waals surface area contributed by atoms with E-state index in [1.54, 1.807) is 24.3 Å². The van der Waals surface area contributed by atoms with Gasteiger partial charge in [0.15, 0.2) is 0 Å². The van der Waals surface area contributed by atoms with Crippen LogP contribution in [0.5, 0.6) is 0 Å². The second-order valence-corrected chi connectivity index (χ2v) is 6.55. The van der Waals surface area contributed by atoms with Gasteiger partial charge in [0.05, 0.1) is 6.61 Å². The summed E-state index contributed by atoms with van der Waals surface area (Å²) in [5.41, 5.74) is 1.57. The highest BCUT2D eigenvalue weighted by atomic mass is 16.5. The molecule has 1 atom stereocenters. The summed E-state index contributed by atoms with van der Waals surface area (Å²) in [7, 11) is 3.61. The van der Waals surface area contributed by atoms with Gasteiger partial charge in [-0.25, -0.2) is 0 Å². The number of carbonyl (C=O) groups is 1. The molecule has 7 nitrogen and oxygen atoms in total. The second kappa shape index (κ2) is 8.22. The molecular weight excluding hydrogens is 318 g/mol. The van der Waals surface area contributed by atoms with Crippen molar-refractivity contribution in [1.29, 1.82) is 0 Å². The van der Waals surface area contributed by atoms with Crippen LogP contribution in [0, 0.1) is 5.92 Å². The molecule has 0 N–H and O–H groups in total. The zero-order valence-electron chi connectivity index (χ0n) is 14.8. The van der Waals surface area contributed by atoms with Crippen LogP contribution in [-0.4, -0.2) is 77.4 Å². The average Bonchev–Trinajstić information content (AvgIpc) is 3.31. The molecule has 0 spiro atoms. The van der Waals surface area contributed by atoms with Gasteiger partial charge in [0.1, 0.15) is 12.7 Å². The predicted octanol–water partition coefficient (Wildman–Crippen LogP) is 1.31. The second-order valence-electron chi connectivity index (χ2n) is 6.55. The number of hydrogen-bond donors (Lipinski definition) is 0. The highest BCUT2D eigenvalue weighted by Gasteiger charge is 2.25. The molecule has 1 saturated heterocycles. The Morgan fingerprint density at radius 2 is 2.16 bits per heavy atom. The Bertz CT molecular complexity index is 689. The van der Waals surface area contributed by atoms with Crippen LogP contribution < -0.4 is 0 Å². The summed E-state index contributed by atoms with van der Waals surface area (Å²) in [6.07, 6.45) is 4.38. The first-order chi connectivity index (χ1) is 12.2. The first-order valence-electron chi connectivity index (χ1n) is 8.59. The Labute approximate surface area is 148 Å². The van der Waals surface area contributed by atoms with Crippen molar-refractivity contribution in [3.05, 3.63) is 42.5 Å². The molecule has 0 bridgehead atoms. The lowest BCUT2D eigenvalue weighted by atomic mass is 10.1. The summed E-state index contributed by atoms with van der Waals surface area (Å²) >= 11 is 0. The average molecular weight is 343 g/mol. The van der Waals surface area contributed by atoms with E-state index >= 15 is 0 Å². The summed E-state index contributed by atoms with van der Waals surface area (Å²) in [4.78, 5) is 17.0. The molecule has 0 aliphatic carbocycles. The van der Waals surface area contributed by atoms with Crippen molar-refractivity contribution in [1.82, 2.24) is 24.6 Å². The zero-order chi connectivity index (χ0) is 17.6. The van der Waals surface area contributed by atoms with Crippen LogP contribution >= 0.6 is 0 Å². The van der Waals surface area contributed by atoms with Crippen LogP contribution in [0.1, 0.15) is 16.8 Å². The van der Waals surface area contributed by atoms with E-state index in [0.717, 1.165) is 44.9 Å². The number of aromatic nitrogens is 3. The number of carbonyl (C=O) groups excluding carboxylic acids is 1. The number of hydrogen-bond acceptors (Lipinski definition) is 5. The molecule has 1 aromatic heterocycles. The van der Waals surface area contributed by atoms with E-state index in [1.807, 2.05) is 36.2 Å². The molecule has 1 fully saturated rings. The summed E-state index contributed by atoms with van der Waals surface area (Å²) < 4.78 is 6.93. The maximum absolute atomic E-state index is 12.8. The number of rotatable bonds is 7. The summed E-state index contributed by atoms with van der Waals surface area (Å²) in [6, 6.07) is 7.55. The lowest BCUT2D eigenvalue weighted by molar-refractivity contribution is 0.0772. The Kier molecular flexibility index (Phi) is 5.78. The van der Waals surface area contributed by atoms with E-state index in [4.69, 9.17) is 4.74 Å². The van der Waals surface area contributed by atoms with Crippen LogP contribution in [0.3, 0.4) is 0 Å². The standard InChI is InChI=1S/C18H25N5O2/c1-21(11-15-6-7-22(12-15)8-9-25-2)18(24)16-4-3-5-17(10-16)23-13-19-20-14-23/h3-5,10,13-15H,6-9,11-12H2,1-2H3/t15-/m0/s1. The van der Waals surface area contributed by atoms with Gasteiger partial charge in [0.25, 0.3) is 5.91 Å². The summed E-state index contributed by atoms with van der Waals surface area (Å²) in [6.45, 7) is 4.61. The quantitative estimate of drug-likeness (QED) is 0.758. The van der Waals surface area contributed by atoms with Crippen molar-refractivity contribution in [3.63, 3.8) is 0 Å². The molecule has 2 aromatic rings. The predicted molar refractivity (Wildman–Crippen MR) is 94.7 cm³/mol. The van der Waals surface area contributed by atoms with Crippen molar-refractivity contribution in [3.8, 4) is 5.69 Å². The molecule has 2 heterocycles. The Morgan fingerprint density at radius 3 is 2.92 bits per heavy atom. The first-order valence-corrected chi connectivity index (χ1v) is 8.59. The van der Waals surface area contributed by atoms with Gasteiger partial charge in [0, 0.05) is 45.0 Å². The fraction of sp³-hybridized carbons (Fsp3) is 0.500. The van der Waals surface area contributed by atoms with Crippen molar-refractivity contribution >= 4 is 5.91 Å². The minimum Gasteiger partial charge on any atom is -0.383 e. The molecule has 7 heteroatoms. The summed E-state index contributed by atoms with van der Waals surface area (Å²) in [5.74, 6) is 0.567. The zero-order valence-corrected chi connectivity index (χ0v) is 14.8. The van der Waals surface area contributed by atoms with E-state index in [1.165, 1.54) is 0 Å². The third-order valence-electron chi connectivity index (χ3n) is 4.67. The van der Waals surface area contributed by atoms with Crippen LogP contribution in [0.25, 0.3) is 5.69 Å². The molecule has 1 aliphatic heterocycles. The van der Waals surface area contributed by atoms with Crippen molar-refractivity contribution in [2.45, 2.75) is 6.42 Å². The van der Waals surface area contributed by atoms with E-state index < -0.39 is 0 Å². The molecule has 0 radical (unpaired) electrons. The minimum absolute atomic E-state index is 0.0465. The molecular formula is C18H25N5O2. The lowest BCUT2D eigenvalue weighted by Crippen LogP contribution is -2.33. The third-order valence-corrected chi connectivity index (χ3v) is 4.67. The number of amides is 1. The third kappa shape index (κ3) is 4.43. The van der Waals surface area contributed by atoms with Crippen molar-refractivity contribution < 1.29 is 9.53 Å². The summed E-state index contributed by atoms with van der Waals surface area (Å²) in [5, 5.41) is 7.62. The number of ether oxygens (including phenoxy) is 1. The highest BCUT2D eigenvalue weighted by Crippen LogP contribution is 2.18. The SMILES string of the molecule is COCCN1CC[C@@H](CN(C)C(=O)c2cccc(-n3cnnc3)c2)C1. The number of likely N-dealkylation sites (tertiary alicyclic amines) is 1. The topological polar surface area (TPSA) is 63.5 Å². The molecule has 25 heavy (non-hydrogen) atoms. The molecule has 1 aromatic carbocycles. The molecule has 0 saturated carbocycles. The largest absolute Gasteiger partial charge is 0.383 e. The van der Waals surface area contributed by atoms with Gasteiger partial charge in [-0.05, 0) is 37.1 Å². The maximum atomic E-state index is 12.8. The van der Waals surface area contributed by atoms with Gasteiger partial charge in [0.2, 0.25) is 0 Å². The first kappa shape index (κ1) is 17.6. The van der Waals surface area contributed by atoms with Crippen LogP contribution in [0.15, 0.2) is 36.9 Å². The van der Waals surface area contributed by atoms with Gasteiger partial charge in [-0.15, -0.1) is 10.2 Å². The van der Waals surface area contributed by atoms with E-state index in [2.05, 4.69) is 15.1 Å². The normalized spacial score (nSPS) is 17.8.